The second-order valence-electron chi connectivity index (χ2n) is 5.58. The van der Waals surface area contributed by atoms with Gasteiger partial charge in [0.15, 0.2) is 9.84 Å². The molecule has 6 heteroatoms. The fourth-order valence-electron chi connectivity index (χ4n) is 2.60. The van der Waals surface area contributed by atoms with Gasteiger partial charge in [0.2, 0.25) is 0 Å². The molecule has 1 aromatic rings. The summed E-state index contributed by atoms with van der Waals surface area (Å²) in [5, 5.41) is 3.25. The monoisotopic (exact) mass is 329 g/mol. The largest absolute Gasteiger partial charge is 0.349 e. The standard InChI is InChI=1S/C15H20ClNO3S/c1-21(19,20)12-8-9-14(16)13(10-12)15(18)17-11-6-4-2-3-5-7-11/h8-11H,2-7H2,1H3,(H,17,18). The molecule has 0 saturated heterocycles. The molecule has 0 atom stereocenters. The van der Waals surface area contributed by atoms with E-state index in [1.54, 1.807) is 0 Å². The van der Waals surface area contributed by atoms with Crippen molar-refractivity contribution >= 4 is 27.3 Å². The molecule has 0 radical (unpaired) electrons. The highest BCUT2D eigenvalue weighted by molar-refractivity contribution is 7.90. The van der Waals surface area contributed by atoms with E-state index in [0.717, 1.165) is 31.9 Å². The molecule has 0 unspecified atom stereocenters. The Hall–Kier alpha value is -1.07. The van der Waals surface area contributed by atoms with Gasteiger partial charge in [-0.15, -0.1) is 0 Å². The van der Waals surface area contributed by atoms with Gasteiger partial charge >= 0.3 is 0 Å². The molecule has 0 heterocycles. The summed E-state index contributed by atoms with van der Waals surface area (Å²) in [4.78, 5) is 12.4. The van der Waals surface area contributed by atoms with E-state index in [2.05, 4.69) is 5.32 Å². The Morgan fingerprint density at radius 2 is 1.81 bits per heavy atom. The maximum Gasteiger partial charge on any atom is 0.253 e. The van der Waals surface area contributed by atoms with Gasteiger partial charge in [0, 0.05) is 12.3 Å². The van der Waals surface area contributed by atoms with Crippen molar-refractivity contribution in [1.29, 1.82) is 0 Å². The Bertz CT molecular complexity index is 620. The van der Waals surface area contributed by atoms with Gasteiger partial charge in [-0.25, -0.2) is 8.42 Å². The molecule has 1 aromatic carbocycles. The number of nitrogens with one attached hydrogen (secondary N) is 1. The number of amides is 1. The van der Waals surface area contributed by atoms with Gasteiger partial charge in [-0.1, -0.05) is 37.3 Å². The average molecular weight is 330 g/mol. The summed E-state index contributed by atoms with van der Waals surface area (Å²) in [5.41, 5.74) is 0.226. The first-order valence-corrected chi connectivity index (χ1v) is 9.45. The number of rotatable bonds is 3. The Labute approximate surface area is 130 Å². The Morgan fingerprint density at radius 3 is 2.38 bits per heavy atom. The van der Waals surface area contributed by atoms with E-state index in [0.29, 0.717) is 0 Å². The fourth-order valence-corrected chi connectivity index (χ4v) is 3.45. The van der Waals surface area contributed by atoms with E-state index < -0.39 is 9.84 Å². The van der Waals surface area contributed by atoms with Gasteiger partial charge in [-0.05, 0) is 31.0 Å². The van der Waals surface area contributed by atoms with Crippen LogP contribution in [0.5, 0.6) is 0 Å². The first-order chi connectivity index (χ1) is 9.88. The van der Waals surface area contributed by atoms with Crippen LogP contribution in [0.15, 0.2) is 23.1 Å². The first-order valence-electron chi connectivity index (χ1n) is 7.18. The maximum absolute atomic E-state index is 12.3. The number of sulfone groups is 1. The molecule has 1 aliphatic rings. The SMILES string of the molecule is CS(=O)(=O)c1ccc(Cl)c(C(=O)NC2CCCCCC2)c1. The van der Waals surface area contributed by atoms with E-state index in [1.807, 2.05) is 0 Å². The molecule has 0 spiro atoms. The summed E-state index contributed by atoms with van der Waals surface area (Å²) in [6.07, 6.45) is 7.69. The van der Waals surface area contributed by atoms with E-state index in [-0.39, 0.29) is 27.4 Å². The zero-order valence-electron chi connectivity index (χ0n) is 12.1. The van der Waals surface area contributed by atoms with Crippen LogP contribution in [0.1, 0.15) is 48.9 Å². The molecule has 4 nitrogen and oxygen atoms in total. The lowest BCUT2D eigenvalue weighted by atomic mass is 10.1. The molecule has 0 aliphatic heterocycles. The molecule has 0 bridgehead atoms. The lowest BCUT2D eigenvalue weighted by molar-refractivity contribution is 0.0933. The number of carbonyl (C=O) groups excluding carboxylic acids is 1. The summed E-state index contributed by atoms with van der Waals surface area (Å²) in [6, 6.07) is 4.38. The Balaban J connectivity index is 2.18. The van der Waals surface area contributed by atoms with Crippen molar-refractivity contribution in [2.24, 2.45) is 0 Å². The highest BCUT2D eigenvalue weighted by Crippen LogP contribution is 2.22. The number of benzene rings is 1. The van der Waals surface area contributed by atoms with Gasteiger partial charge < -0.3 is 5.32 Å². The van der Waals surface area contributed by atoms with Crippen molar-refractivity contribution in [2.75, 3.05) is 6.26 Å². The molecule has 21 heavy (non-hydrogen) atoms. The van der Waals surface area contributed by atoms with E-state index in [9.17, 15) is 13.2 Å². The summed E-state index contributed by atoms with van der Waals surface area (Å²) < 4.78 is 23.2. The topological polar surface area (TPSA) is 63.2 Å². The molecule has 1 fully saturated rings. The minimum atomic E-state index is -3.35. The van der Waals surface area contributed by atoms with Crippen LogP contribution >= 0.6 is 11.6 Å². The number of carbonyl (C=O) groups is 1. The van der Waals surface area contributed by atoms with Crippen LogP contribution in [0.25, 0.3) is 0 Å². The maximum atomic E-state index is 12.3. The highest BCUT2D eigenvalue weighted by Gasteiger charge is 2.19. The lowest BCUT2D eigenvalue weighted by Gasteiger charge is -2.17. The van der Waals surface area contributed by atoms with Crippen LogP contribution in [0, 0.1) is 0 Å². The minimum Gasteiger partial charge on any atom is -0.349 e. The van der Waals surface area contributed by atoms with Crippen molar-refractivity contribution < 1.29 is 13.2 Å². The van der Waals surface area contributed by atoms with Crippen molar-refractivity contribution in [2.45, 2.75) is 49.5 Å². The predicted molar refractivity (Wildman–Crippen MR) is 83.5 cm³/mol. The highest BCUT2D eigenvalue weighted by atomic mass is 35.5. The van der Waals surface area contributed by atoms with E-state index in [1.165, 1.54) is 31.0 Å². The second kappa shape index (κ2) is 6.79. The minimum absolute atomic E-state index is 0.109. The molecule has 2 rings (SSSR count). The summed E-state index contributed by atoms with van der Waals surface area (Å²) in [7, 11) is -3.35. The van der Waals surface area contributed by atoms with Gasteiger partial charge in [0.25, 0.3) is 5.91 Å². The summed E-state index contributed by atoms with van der Waals surface area (Å²) in [5.74, 6) is -0.294. The third-order valence-corrected chi connectivity index (χ3v) is 5.24. The second-order valence-corrected chi connectivity index (χ2v) is 8.00. The third kappa shape index (κ3) is 4.45. The zero-order chi connectivity index (χ0) is 15.5. The van der Waals surface area contributed by atoms with Gasteiger partial charge in [-0.3, -0.25) is 4.79 Å². The lowest BCUT2D eigenvalue weighted by Crippen LogP contribution is -2.34. The van der Waals surface area contributed by atoms with Crippen molar-refractivity contribution in [3.8, 4) is 0 Å². The normalized spacial score (nSPS) is 17.2. The summed E-state index contributed by atoms with van der Waals surface area (Å²) in [6.45, 7) is 0. The molecule has 1 saturated carbocycles. The first kappa shape index (κ1) is 16.3. The Morgan fingerprint density at radius 1 is 1.19 bits per heavy atom. The van der Waals surface area contributed by atoms with Crippen LogP contribution in [0.2, 0.25) is 5.02 Å². The molecule has 1 aliphatic carbocycles. The smallest absolute Gasteiger partial charge is 0.253 e. The van der Waals surface area contributed by atoms with E-state index >= 15 is 0 Å². The Kier molecular flexibility index (Phi) is 5.27. The zero-order valence-corrected chi connectivity index (χ0v) is 13.6. The van der Waals surface area contributed by atoms with Crippen molar-refractivity contribution in [1.82, 2.24) is 5.32 Å². The molecule has 1 amide bonds. The van der Waals surface area contributed by atoms with Gasteiger partial charge in [0.1, 0.15) is 0 Å². The van der Waals surface area contributed by atoms with Crippen LogP contribution in [-0.2, 0) is 9.84 Å². The third-order valence-electron chi connectivity index (χ3n) is 3.80. The fraction of sp³-hybridized carbons (Fsp3) is 0.533. The number of hydrogen-bond acceptors (Lipinski definition) is 3. The van der Waals surface area contributed by atoms with Gasteiger partial charge in [-0.2, -0.15) is 0 Å². The summed E-state index contributed by atoms with van der Waals surface area (Å²) >= 11 is 6.04. The van der Waals surface area contributed by atoms with Crippen LogP contribution in [0.4, 0.5) is 0 Å². The average Bonchev–Trinajstić information content (AvgIpc) is 2.66. The van der Waals surface area contributed by atoms with E-state index in [4.69, 9.17) is 11.6 Å². The molecule has 116 valence electrons. The molecular weight excluding hydrogens is 310 g/mol. The molecule has 0 aromatic heterocycles. The van der Waals surface area contributed by atoms with Crippen LogP contribution < -0.4 is 5.32 Å². The van der Waals surface area contributed by atoms with Gasteiger partial charge in [0.05, 0.1) is 15.5 Å². The number of hydrogen-bond donors (Lipinski definition) is 1. The van der Waals surface area contributed by atoms with Crippen LogP contribution in [0.3, 0.4) is 0 Å². The number of halogens is 1. The van der Waals surface area contributed by atoms with Crippen molar-refractivity contribution in [3.05, 3.63) is 28.8 Å². The predicted octanol–water partition coefficient (Wildman–Crippen LogP) is 3.20. The van der Waals surface area contributed by atoms with Crippen molar-refractivity contribution in [3.63, 3.8) is 0 Å². The van der Waals surface area contributed by atoms with Crippen LogP contribution in [-0.4, -0.2) is 26.6 Å². The molecule has 1 N–H and O–H groups in total. The quantitative estimate of drug-likeness (QED) is 0.866. The molecular formula is C15H20ClNO3S.